The third-order valence-corrected chi connectivity index (χ3v) is 3.71. The summed E-state index contributed by atoms with van der Waals surface area (Å²) in [5.74, 6) is 0. The molecule has 1 heterocycles. The van der Waals surface area contributed by atoms with E-state index in [2.05, 4.69) is 24.0 Å². The van der Waals surface area contributed by atoms with Crippen molar-refractivity contribution in [2.24, 2.45) is 5.73 Å². The number of aromatic nitrogens is 1. The molecule has 0 saturated heterocycles. The molecule has 1 aromatic heterocycles. The number of aryl methyl sites for hydroxylation is 2. The first-order valence-electron chi connectivity index (χ1n) is 5.55. The minimum Gasteiger partial charge on any atom is -0.440 e. The van der Waals surface area contributed by atoms with Crippen molar-refractivity contribution in [3.8, 4) is 0 Å². The summed E-state index contributed by atoms with van der Waals surface area (Å²) in [7, 11) is 0. The predicted octanol–water partition coefficient (Wildman–Crippen LogP) is 3.08. The molecule has 1 atom stereocenters. The van der Waals surface area contributed by atoms with Gasteiger partial charge in [-0.1, -0.05) is 36.0 Å². The van der Waals surface area contributed by atoms with Crippen molar-refractivity contribution in [3.63, 3.8) is 0 Å². The fourth-order valence-corrected chi connectivity index (χ4v) is 2.73. The zero-order chi connectivity index (χ0) is 12.3. The van der Waals surface area contributed by atoms with E-state index in [4.69, 9.17) is 10.2 Å². The molecule has 90 valence electrons. The minimum absolute atomic E-state index is 0.189. The standard InChI is InChI=1S/C13H16N2OS/c1-9-5-3-4-6-11(9)12(7-14)17-13-15-10(2)8-16-13/h3-6,8,12H,7,14H2,1-2H3. The summed E-state index contributed by atoms with van der Waals surface area (Å²) in [6.07, 6.45) is 1.66. The van der Waals surface area contributed by atoms with Gasteiger partial charge in [0.2, 0.25) is 0 Å². The molecule has 0 amide bonds. The molecule has 0 radical (unpaired) electrons. The molecular weight excluding hydrogens is 232 g/mol. The van der Waals surface area contributed by atoms with Crippen LogP contribution in [-0.4, -0.2) is 11.5 Å². The Labute approximate surface area is 105 Å². The predicted molar refractivity (Wildman–Crippen MR) is 70.1 cm³/mol. The molecule has 3 nitrogen and oxygen atoms in total. The zero-order valence-electron chi connectivity index (χ0n) is 10.0. The highest BCUT2D eigenvalue weighted by molar-refractivity contribution is 7.99. The minimum atomic E-state index is 0.189. The monoisotopic (exact) mass is 248 g/mol. The molecule has 2 N–H and O–H groups in total. The van der Waals surface area contributed by atoms with Gasteiger partial charge in [0.05, 0.1) is 10.9 Å². The lowest BCUT2D eigenvalue weighted by atomic mass is 10.1. The van der Waals surface area contributed by atoms with Gasteiger partial charge in [-0.25, -0.2) is 4.98 Å². The van der Waals surface area contributed by atoms with Crippen molar-refractivity contribution in [2.45, 2.75) is 24.3 Å². The molecule has 0 aliphatic rings. The number of nitrogens with zero attached hydrogens (tertiary/aromatic N) is 1. The van der Waals surface area contributed by atoms with E-state index in [-0.39, 0.29) is 5.25 Å². The molecular formula is C13H16N2OS. The molecule has 0 fully saturated rings. The van der Waals surface area contributed by atoms with Crippen molar-refractivity contribution in [1.29, 1.82) is 0 Å². The van der Waals surface area contributed by atoms with Gasteiger partial charge in [0.1, 0.15) is 6.26 Å². The normalized spacial score (nSPS) is 12.6. The third kappa shape index (κ3) is 2.90. The van der Waals surface area contributed by atoms with Crippen LogP contribution >= 0.6 is 11.8 Å². The summed E-state index contributed by atoms with van der Waals surface area (Å²) >= 11 is 1.57. The molecule has 0 bridgehead atoms. The van der Waals surface area contributed by atoms with Crippen LogP contribution in [0.1, 0.15) is 22.1 Å². The van der Waals surface area contributed by atoms with Gasteiger partial charge in [0.15, 0.2) is 0 Å². The fraction of sp³-hybridized carbons (Fsp3) is 0.308. The van der Waals surface area contributed by atoms with E-state index >= 15 is 0 Å². The maximum Gasteiger partial charge on any atom is 0.256 e. The third-order valence-electron chi connectivity index (χ3n) is 2.59. The van der Waals surface area contributed by atoms with Gasteiger partial charge in [-0.15, -0.1) is 0 Å². The number of hydrogen-bond acceptors (Lipinski definition) is 4. The lowest BCUT2D eigenvalue weighted by Crippen LogP contribution is -2.10. The Hall–Kier alpha value is -1.26. The summed E-state index contributed by atoms with van der Waals surface area (Å²) in [6, 6.07) is 8.27. The van der Waals surface area contributed by atoms with Gasteiger partial charge in [-0.3, -0.25) is 0 Å². The maximum atomic E-state index is 5.84. The first-order valence-corrected chi connectivity index (χ1v) is 6.43. The van der Waals surface area contributed by atoms with E-state index in [1.54, 1.807) is 18.0 Å². The lowest BCUT2D eigenvalue weighted by molar-refractivity contribution is 0.453. The van der Waals surface area contributed by atoms with Crippen LogP contribution in [0.3, 0.4) is 0 Å². The van der Waals surface area contributed by atoms with E-state index < -0.39 is 0 Å². The summed E-state index contributed by atoms with van der Waals surface area (Å²) < 4.78 is 5.35. The summed E-state index contributed by atoms with van der Waals surface area (Å²) in [5.41, 5.74) is 9.23. The van der Waals surface area contributed by atoms with Crippen molar-refractivity contribution >= 4 is 11.8 Å². The number of oxazole rings is 1. The van der Waals surface area contributed by atoms with Crippen molar-refractivity contribution in [3.05, 3.63) is 47.3 Å². The van der Waals surface area contributed by atoms with Crippen LogP contribution in [0.4, 0.5) is 0 Å². The molecule has 4 heteroatoms. The Morgan fingerprint density at radius 1 is 1.35 bits per heavy atom. The van der Waals surface area contributed by atoms with E-state index in [1.165, 1.54) is 11.1 Å². The Morgan fingerprint density at radius 3 is 2.71 bits per heavy atom. The zero-order valence-corrected chi connectivity index (χ0v) is 10.8. The number of rotatable bonds is 4. The summed E-state index contributed by atoms with van der Waals surface area (Å²) in [5, 5.41) is 0.871. The van der Waals surface area contributed by atoms with Crippen molar-refractivity contribution in [1.82, 2.24) is 4.98 Å². The van der Waals surface area contributed by atoms with Gasteiger partial charge < -0.3 is 10.2 Å². The second kappa shape index (κ2) is 5.38. The first kappa shape index (κ1) is 12.2. The van der Waals surface area contributed by atoms with Crippen LogP contribution in [-0.2, 0) is 0 Å². The number of thioether (sulfide) groups is 1. The Balaban J connectivity index is 2.20. The van der Waals surface area contributed by atoms with E-state index in [0.29, 0.717) is 11.8 Å². The molecule has 0 aliphatic heterocycles. The number of hydrogen-bond donors (Lipinski definition) is 1. The average Bonchev–Trinajstić information content (AvgIpc) is 2.73. The van der Waals surface area contributed by atoms with Crippen LogP contribution < -0.4 is 5.73 Å². The molecule has 1 unspecified atom stereocenters. The van der Waals surface area contributed by atoms with Crippen molar-refractivity contribution < 1.29 is 4.42 Å². The topological polar surface area (TPSA) is 52.0 Å². The quantitative estimate of drug-likeness (QED) is 0.845. The Bertz CT molecular complexity index is 496. The smallest absolute Gasteiger partial charge is 0.256 e. The van der Waals surface area contributed by atoms with Gasteiger partial charge in [0.25, 0.3) is 5.22 Å². The second-order valence-electron chi connectivity index (χ2n) is 3.95. The molecule has 2 aromatic rings. The molecule has 0 saturated carbocycles. The van der Waals surface area contributed by atoms with Gasteiger partial charge in [0, 0.05) is 6.54 Å². The van der Waals surface area contributed by atoms with Gasteiger partial charge in [-0.2, -0.15) is 0 Å². The molecule has 17 heavy (non-hydrogen) atoms. The highest BCUT2D eigenvalue weighted by Gasteiger charge is 2.16. The second-order valence-corrected chi connectivity index (χ2v) is 5.11. The largest absolute Gasteiger partial charge is 0.440 e. The maximum absolute atomic E-state index is 5.84. The highest BCUT2D eigenvalue weighted by Crippen LogP contribution is 2.35. The van der Waals surface area contributed by atoms with E-state index in [9.17, 15) is 0 Å². The number of benzene rings is 1. The molecule has 0 spiro atoms. The number of nitrogens with two attached hydrogens (primary N) is 1. The Kier molecular flexibility index (Phi) is 3.86. The Morgan fingerprint density at radius 2 is 2.12 bits per heavy atom. The van der Waals surface area contributed by atoms with Crippen LogP contribution in [0.25, 0.3) is 0 Å². The fourth-order valence-electron chi connectivity index (χ4n) is 1.69. The first-order chi connectivity index (χ1) is 8.20. The van der Waals surface area contributed by atoms with Crippen LogP contribution in [0.15, 0.2) is 40.2 Å². The van der Waals surface area contributed by atoms with Crippen LogP contribution in [0, 0.1) is 13.8 Å². The molecule has 0 aliphatic carbocycles. The summed E-state index contributed by atoms with van der Waals surface area (Å²) in [6.45, 7) is 4.58. The highest BCUT2D eigenvalue weighted by atomic mass is 32.2. The summed E-state index contributed by atoms with van der Waals surface area (Å²) in [4.78, 5) is 4.29. The SMILES string of the molecule is Cc1coc(SC(CN)c2ccccc2C)n1. The lowest BCUT2D eigenvalue weighted by Gasteiger charge is -2.14. The van der Waals surface area contributed by atoms with Crippen LogP contribution in [0.2, 0.25) is 0 Å². The molecule has 1 aromatic carbocycles. The molecule has 2 rings (SSSR count). The average molecular weight is 248 g/mol. The van der Waals surface area contributed by atoms with E-state index in [1.807, 2.05) is 19.1 Å². The van der Waals surface area contributed by atoms with Crippen molar-refractivity contribution in [2.75, 3.05) is 6.54 Å². The van der Waals surface area contributed by atoms with Gasteiger partial charge >= 0.3 is 0 Å². The van der Waals surface area contributed by atoms with E-state index in [0.717, 1.165) is 5.69 Å². The van der Waals surface area contributed by atoms with Crippen LogP contribution in [0.5, 0.6) is 0 Å². The van der Waals surface area contributed by atoms with Gasteiger partial charge in [-0.05, 0) is 25.0 Å².